The number of hydrogen-bond acceptors (Lipinski definition) is 3. The van der Waals surface area contributed by atoms with Crippen molar-refractivity contribution in [2.45, 2.75) is 29.2 Å². The van der Waals surface area contributed by atoms with E-state index in [1.54, 1.807) is 59.5 Å². The highest BCUT2D eigenvalue weighted by atomic mass is 32.2. The maximum absolute atomic E-state index is 13.6. The second-order valence-electron chi connectivity index (χ2n) is 7.96. The third-order valence-electron chi connectivity index (χ3n) is 5.91. The van der Waals surface area contributed by atoms with E-state index in [0.29, 0.717) is 39.7 Å². The van der Waals surface area contributed by atoms with Gasteiger partial charge in [0.25, 0.3) is 11.8 Å². The van der Waals surface area contributed by atoms with E-state index in [2.05, 4.69) is 0 Å². The topological polar surface area (TPSA) is 57.7 Å². The number of nitrogens with zero attached hydrogens (tertiary/aromatic N) is 2. The van der Waals surface area contributed by atoms with Crippen molar-refractivity contribution in [1.29, 1.82) is 0 Å². The Bertz CT molecular complexity index is 1240. The average Bonchev–Trinajstić information content (AvgIpc) is 3.35. The molecule has 1 fully saturated rings. The molecule has 7 heteroatoms. The molecule has 0 aliphatic carbocycles. The molecule has 0 radical (unpaired) electrons. The molecule has 5 rings (SSSR count). The van der Waals surface area contributed by atoms with Crippen LogP contribution < -0.4 is 4.90 Å². The molecule has 1 atom stereocenters. The molecular formula is C25H21FN2O3S. The molecule has 0 spiro atoms. The minimum Gasteiger partial charge on any atom is -0.339 e. The third-order valence-corrected chi connectivity index (χ3v) is 7.41. The number of benzene rings is 3. The van der Waals surface area contributed by atoms with Crippen LogP contribution in [0.1, 0.15) is 39.1 Å². The van der Waals surface area contributed by atoms with E-state index in [1.165, 1.54) is 17.0 Å². The van der Waals surface area contributed by atoms with Crippen LogP contribution in [0.2, 0.25) is 0 Å². The van der Waals surface area contributed by atoms with Crippen molar-refractivity contribution in [2.24, 2.45) is 0 Å². The van der Waals surface area contributed by atoms with Gasteiger partial charge in [-0.15, -0.1) is 0 Å². The lowest BCUT2D eigenvalue weighted by atomic mass is 10.1. The maximum Gasteiger partial charge on any atom is 0.259 e. The Morgan fingerprint density at radius 3 is 2.41 bits per heavy atom. The van der Waals surface area contributed by atoms with Crippen LogP contribution >= 0.6 is 0 Å². The zero-order chi connectivity index (χ0) is 22.2. The van der Waals surface area contributed by atoms with Gasteiger partial charge in [0.1, 0.15) is 5.82 Å². The Balaban J connectivity index is 1.64. The number of hydrogen-bond donors (Lipinski definition) is 0. The Morgan fingerprint density at radius 1 is 0.938 bits per heavy atom. The predicted molar refractivity (Wildman–Crippen MR) is 120 cm³/mol. The summed E-state index contributed by atoms with van der Waals surface area (Å²) in [6.07, 6.45) is 1.95. The van der Waals surface area contributed by atoms with Crippen molar-refractivity contribution >= 4 is 28.3 Å². The van der Waals surface area contributed by atoms with E-state index >= 15 is 0 Å². The Kier molecular flexibility index (Phi) is 5.35. The summed E-state index contributed by atoms with van der Waals surface area (Å²) in [5, 5.41) is 0. The van der Waals surface area contributed by atoms with Gasteiger partial charge in [-0.1, -0.05) is 24.3 Å². The number of rotatable bonds is 3. The summed E-state index contributed by atoms with van der Waals surface area (Å²) in [4.78, 5) is 30.8. The quantitative estimate of drug-likeness (QED) is 0.597. The van der Waals surface area contributed by atoms with Crippen molar-refractivity contribution in [3.8, 4) is 0 Å². The van der Waals surface area contributed by atoms with Crippen LogP contribution in [0, 0.1) is 5.82 Å². The monoisotopic (exact) mass is 448 g/mol. The normalized spacial score (nSPS) is 17.7. The Morgan fingerprint density at radius 2 is 1.66 bits per heavy atom. The summed E-state index contributed by atoms with van der Waals surface area (Å²) in [6.45, 7) is 1.59. The number of anilines is 1. The molecule has 0 saturated carbocycles. The molecule has 0 N–H and O–H groups in total. The summed E-state index contributed by atoms with van der Waals surface area (Å²) < 4.78 is 26.9. The number of amides is 2. The summed E-state index contributed by atoms with van der Waals surface area (Å²) >= 11 is 0. The van der Waals surface area contributed by atoms with Crippen LogP contribution in [0.3, 0.4) is 0 Å². The van der Waals surface area contributed by atoms with Crippen molar-refractivity contribution in [2.75, 3.05) is 18.0 Å². The van der Waals surface area contributed by atoms with Gasteiger partial charge in [0, 0.05) is 18.7 Å². The van der Waals surface area contributed by atoms with Gasteiger partial charge in [-0.05, 0) is 60.9 Å². The van der Waals surface area contributed by atoms with E-state index in [9.17, 15) is 18.2 Å². The van der Waals surface area contributed by atoms with Gasteiger partial charge in [-0.2, -0.15) is 0 Å². The zero-order valence-electron chi connectivity index (χ0n) is 17.3. The molecular weight excluding hydrogens is 427 g/mol. The van der Waals surface area contributed by atoms with Gasteiger partial charge in [0.2, 0.25) is 0 Å². The molecule has 2 aliphatic rings. The second-order valence-corrected chi connectivity index (χ2v) is 9.38. The first-order valence-electron chi connectivity index (χ1n) is 10.5. The molecule has 162 valence electrons. The Labute approximate surface area is 187 Å². The molecule has 2 aliphatic heterocycles. The summed E-state index contributed by atoms with van der Waals surface area (Å²) in [6, 6.07) is 17.8. The van der Waals surface area contributed by atoms with Gasteiger partial charge in [0.15, 0.2) is 0 Å². The van der Waals surface area contributed by atoms with Crippen LogP contribution in [0.25, 0.3) is 0 Å². The highest BCUT2D eigenvalue weighted by Gasteiger charge is 2.32. The van der Waals surface area contributed by atoms with E-state index in [-0.39, 0.29) is 24.2 Å². The average molecular weight is 449 g/mol. The van der Waals surface area contributed by atoms with Gasteiger partial charge >= 0.3 is 0 Å². The highest BCUT2D eigenvalue weighted by molar-refractivity contribution is 7.85. The largest absolute Gasteiger partial charge is 0.339 e. The lowest BCUT2D eigenvalue weighted by molar-refractivity contribution is 0.0792. The first kappa shape index (κ1) is 20.6. The number of carbonyl (C=O) groups is 2. The molecule has 5 nitrogen and oxygen atoms in total. The van der Waals surface area contributed by atoms with Crippen molar-refractivity contribution in [3.63, 3.8) is 0 Å². The van der Waals surface area contributed by atoms with Crippen LogP contribution in [0.15, 0.2) is 76.5 Å². The molecule has 3 aromatic rings. The molecule has 2 amide bonds. The minimum absolute atomic E-state index is 0.0907. The molecule has 3 aromatic carbocycles. The summed E-state index contributed by atoms with van der Waals surface area (Å²) in [7, 11) is -1.58. The lowest BCUT2D eigenvalue weighted by Gasteiger charge is -2.24. The molecule has 0 aromatic heterocycles. The smallest absolute Gasteiger partial charge is 0.259 e. The zero-order valence-corrected chi connectivity index (χ0v) is 18.1. The minimum atomic E-state index is -1.58. The van der Waals surface area contributed by atoms with Crippen LogP contribution in [-0.4, -0.2) is 34.0 Å². The van der Waals surface area contributed by atoms with Crippen LogP contribution in [0.4, 0.5) is 10.1 Å². The number of carbonyl (C=O) groups excluding carboxylic acids is 2. The van der Waals surface area contributed by atoms with E-state index < -0.39 is 10.8 Å². The van der Waals surface area contributed by atoms with Crippen LogP contribution in [-0.2, 0) is 17.3 Å². The predicted octanol–water partition coefficient (Wildman–Crippen LogP) is 4.39. The fourth-order valence-electron chi connectivity index (χ4n) is 4.23. The van der Waals surface area contributed by atoms with Crippen molar-refractivity contribution in [1.82, 2.24) is 4.90 Å². The van der Waals surface area contributed by atoms with E-state index in [4.69, 9.17) is 0 Å². The van der Waals surface area contributed by atoms with Crippen molar-refractivity contribution in [3.05, 3.63) is 89.2 Å². The Hall–Kier alpha value is -3.32. The lowest BCUT2D eigenvalue weighted by Crippen LogP contribution is -2.31. The van der Waals surface area contributed by atoms with Crippen molar-refractivity contribution < 1.29 is 18.2 Å². The van der Waals surface area contributed by atoms with Crippen LogP contribution in [0.5, 0.6) is 0 Å². The van der Waals surface area contributed by atoms with Gasteiger partial charge in [-0.3, -0.25) is 9.59 Å². The third kappa shape index (κ3) is 3.62. The molecule has 2 heterocycles. The van der Waals surface area contributed by atoms with Gasteiger partial charge < -0.3 is 9.80 Å². The molecule has 0 bridgehead atoms. The fraction of sp³-hybridized carbons (Fsp3) is 0.200. The standard InChI is InChI=1S/C25H21FN2O3S/c26-19-10-7-17(8-11-19)16-28-21-15-18(24(29)27-13-3-4-14-27)9-12-23(21)32(31)22-6-2-1-5-20(22)25(28)30/h1-2,5-12,15H,3-4,13-14,16H2/t32-/m0/s1. The van der Waals surface area contributed by atoms with E-state index in [0.717, 1.165) is 18.4 Å². The highest BCUT2D eigenvalue weighted by Crippen LogP contribution is 2.36. The van der Waals surface area contributed by atoms with E-state index in [1.807, 2.05) is 0 Å². The first-order valence-corrected chi connectivity index (χ1v) is 11.7. The summed E-state index contributed by atoms with van der Waals surface area (Å²) in [5.41, 5.74) is 1.99. The summed E-state index contributed by atoms with van der Waals surface area (Å²) in [5.74, 6) is -0.754. The number of fused-ring (bicyclic) bond motifs is 2. The first-order chi connectivity index (χ1) is 15.5. The number of likely N-dealkylation sites (tertiary alicyclic amines) is 1. The SMILES string of the molecule is O=C(c1ccc2c(c1)N(Cc1ccc(F)cc1)C(=O)c1ccccc1[S@@]2=O)N1CCCC1. The van der Waals surface area contributed by atoms with Gasteiger partial charge in [0.05, 0.1) is 38.4 Å². The second kappa shape index (κ2) is 8.31. The molecule has 1 saturated heterocycles. The fourth-order valence-corrected chi connectivity index (χ4v) is 5.57. The van der Waals surface area contributed by atoms with Gasteiger partial charge in [-0.25, -0.2) is 8.60 Å². The molecule has 0 unspecified atom stereocenters. The maximum atomic E-state index is 13.6. The molecule has 32 heavy (non-hydrogen) atoms. The number of halogens is 1.